The summed E-state index contributed by atoms with van der Waals surface area (Å²) in [5.74, 6) is -0.525. The fourth-order valence-electron chi connectivity index (χ4n) is 3.31. The van der Waals surface area contributed by atoms with Crippen LogP contribution in [0.25, 0.3) is 22.4 Å². The van der Waals surface area contributed by atoms with Crippen molar-refractivity contribution in [2.75, 3.05) is 5.32 Å². The number of H-pyrrole nitrogens is 1. The normalized spacial score (nSPS) is 20.8. The molecule has 8 heteroatoms. The molecule has 3 heterocycles. The molecule has 0 amide bonds. The van der Waals surface area contributed by atoms with Crippen molar-refractivity contribution >= 4 is 16.9 Å². The van der Waals surface area contributed by atoms with Gasteiger partial charge in [0, 0.05) is 29.2 Å². The van der Waals surface area contributed by atoms with Crippen LogP contribution >= 0.6 is 0 Å². The first-order valence-corrected chi connectivity index (χ1v) is 8.28. The molecule has 1 aliphatic carbocycles. The molecule has 2 atom stereocenters. The van der Waals surface area contributed by atoms with Crippen LogP contribution in [0.2, 0.25) is 0 Å². The number of hydrogen-bond donors (Lipinski definition) is 3. The SMILES string of the molecule is N[C@@H]1CCC[C@H](Nc2nc(-c3c[nH]c4ncc(F)cc34)ncc2F)C1. The molecule has 0 spiro atoms. The van der Waals surface area contributed by atoms with E-state index < -0.39 is 11.6 Å². The second kappa shape index (κ2) is 6.36. The Morgan fingerprint density at radius 2 is 2.08 bits per heavy atom. The number of nitrogens with two attached hydrogens (primary N) is 1. The summed E-state index contributed by atoms with van der Waals surface area (Å²) < 4.78 is 27.6. The molecule has 6 nitrogen and oxygen atoms in total. The number of nitrogens with one attached hydrogen (secondary N) is 2. The van der Waals surface area contributed by atoms with Crippen LogP contribution in [0.4, 0.5) is 14.6 Å². The molecule has 130 valence electrons. The van der Waals surface area contributed by atoms with Gasteiger partial charge in [0.2, 0.25) is 0 Å². The molecule has 1 aliphatic rings. The number of nitrogens with zero attached hydrogens (tertiary/aromatic N) is 3. The zero-order valence-corrected chi connectivity index (χ0v) is 13.5. The van der Waals surface area contributed by atoms with E-state index in [1.54, 1.807) is 6.20 Å². The number of fused-ring (bicyclic) bond motifs is 1. The number of anilines is 1. The second-order valence-corrected chi connectivity index (χ2v) is 6.41. The van der Waals surface area contributed by atoms with E-state index in [1.807, 2.05) is 0 Å². The van der Waals surface area contributed by atoms with E-state index >= 15 is 0 Å². The van der Waals surface area contributed by atoms with Gasteiger partial charge in [0.25, 0.3) is 0 Å². The van der Waals surface area contributed by atoms with Crippen molar-refractivity contribution in [1.82, 2.24) is 19.9 Å². The molecule has 4 rings (SSSR count). The lowest BCUT2D eigenvalue weighted by atomic mass is 9.92. The number of pyridine rings is 1. The Balaban J connectivity index is 1.67. The van der Waals surface area contributed by atoms with Crippen LogP contribution in [-0.4, -0.2) is 32.0 Å². The third-order valence-corrected chi connectivity index (χ3v) is 4.54. The van der Waals surface area contributed by atoms with Crippen molar-refractivity contribution in [3.8, 4) is 11.4 Å². The molecule has 1 fully saturated rings. The summed E-state index contributed by atoms with van der Waals surface area (Å²) in [6.07, 6.45) is 7.60. The van der Waals surface area contributed by atoms with Gasteiger partial charge in [-0.2, -0.15) is 0 Å². The van der Waals surface area contributed by atoms with Crippen molar-refractivity contribution in [1.29, 1.82) is 0 Å². The van der Waals surface area contributed by atoms with E-state index in [2.05, 4.69) is 25.3 Å². The number of hydrogen-bond acceptors (Lipinski definition) is 5. The van der Waals surface area contributed by atoms with Crippen molar-refractivity contribution < 1.29 is 8.78 Å². The van der Waals surface area contributed by atoms with Gasteiger partial charge in [-0.1, -0.05) is 0 Å². The smallest absolute Gasteiger partial charge is 0.183 e. The molecule has 0 radical (unpaired) electrons. The van der Waals surface area contributed by atoms with E-state index in [4.69, 9.17) is 5.73 Å². The number of aromatic nitrogens is 4. The summed E-state index contributed by atoms with van der Waals surface area (Å²) in [5, 5.41) is 3.69. The van der Waals surface area contributed by atoms with Gasteiger partial charge in [-0.15, -0.1) is 0 Å². The summed E-state index contributed by atoms with van der Waals surface area (Å²) >= 11 is 0. The summed E-state index contributed by atoms with van der Waals surface area (Å²) in [5.41, 5.74) is 7.09. The molecular formula is C17H18F2N6. The molecule has 3 aromatic rings. The highest BCUT2D eigenvalue weighted by atomic mass is 19.1. The summed E-state index contributed by atoms with van der Waals surface area (Å²) in [6, 6.07) is 1.56. The fourth-order valence-corrected chi connectivity index (χ4v) is 3.31. The lowest BCUT2D eigenvalue weighted by Crippen LogP contribution is -2.35. The molecule has 0 bridgehead atoms. The van der Waals surface area contributed by atoms with Gasteiger partial charge in [0.05, 0.1) is 12.4 Å². The predicted molar refractivity (Wildman–Crippen MR) is 90.9 cm³/mol. The first-order valence-electron chi connectivity index (χ1n) is 8.28. The second-order valence-electron chi connectivity index (χ2n) is 6.41. The van der Waals surface area contributed by atoms with E-state index in [9.17, 15) is 8.78 Å². The van der Waals surface area contributed by atoms with Crippen molar-refractivity contribution in [3.05, 3.63) is 36.3 Å². The van der Waals surface area contributed by atoms with Crippen molar-refractivity contribution in [2.45, 2.75) is 37.8 Å². The maximum absolute atomic E-state index is 14.1. The molecule has 0 unspecified atom stereocenters. The van der Waals surface area contributed by atoms with E-state index in [0.29, 0.717) is 22.4 Å². The van der Waals surface area contributed by atoms with Crippen LogP contribution in [0.1, 0.15) is 25.7 Å². The van der Waals surface area contributed by atoms with Crippen LogP contribution in [0.3, 0.4) is 0 Å². The van der Waals surface area contributed by atoms with Crippen LogP contribution in [0.15, 0.2) is 24.7 Å². The molecule has 25 heavy (non-hydrogen) atoms. The Hall–Kier alpha value is -2.61. The Bertz CT molecular complexity index is 909. The van der Waals surface area contributed by atoms with E-state index in [-0.39, 0.29) is 17.9 Å². The molecule has 0 aromatic carbocycles. The molecule has 3 aromatic heterocycles. The van der Waals surface area contributed by atoms with E-state index in [1.165, 1.54) is 6.07 Å². The number of rotatable bonds is 3. The van der Waals surface area contributed by atoms with Gasteiger partial charge in [0.1, 0.15) is 11.5 Å². The Kier molecular flexibility index (Phi) is 4.04. The lowest BCUT2D eigenvalue weighted by molar-refractivity contribution is 0.407. The minimum absolute atomic E-state index is 0.0862. The van der Waals surface area contributed by atoms with Crippen LogP contribution < -0.4 is 11.1 Å². The van der Waals surface area contributed by atoms with Gasteiger partial charge in [-0.05, 0) is 31.7 Å². The maximum Gasteiger partial charge on any atom is 0.183 e. The monoisotopic (exact) mass is 344 g/mol. The van der Waals surface area contributed by atoms with Crippen molar-refractivity contribution in [3.63, 3.8) is 0 Å². The van der Waals surface area contributed by atoms with Gasteiger partial charge in [0.15, 0.2) is 17.5 Å². The van der Waals surface area contributed by atoms with Gasteiger partial charge in [-0.3, -0.25) is 0 Å². The first-order chi connectivity index (χ1) is 12.1. The fraction of sp³-hybridized carbons (Fsp3) is 0.353. The maximum atomic E-state index is 14.1. The summed E-state index contributed by atoms with van der Waals surface area (Å²) in [7, 11) is 0. The van der Waals surface area contributed by atoms with Crippen LogP contribution in [0, 0.1) is 11.6 Å². The van der Waals surface area contributed by atoms with Gasteiger partial charge in [-0.25, -0.2) is 23.7 Å². The van der Waals surface area contributed by atoms with Gasteiger partial charge >= 0.3 is 0 Å². The topological polar surface area (TPSA) is 92.5 Å². The Labute approximate surface area is 142 Å². The van der Waals surface area contributed by atoms with Crippen LogP contribution in [0.5, 0.6) is 0 Å². The molecule has 1 saturated carbocycles. The average molecular weight is 344 g/mol. The minimum atomic E-state index is -0.521. The minimum Gasteiger partial charge on any atom is -0.365 e. The molecule has 0 aliphatic heterocycles. The molecular weight excluding hydrogens is 326 g/mol. The Morgan fingerprint density at radius 3 is 2.92 bits per heavy atom. The van der Waals surface area contributed by atoms with E-state index in [0.717, 1.165) is 38.1 Å². The zero-order chi connectivity index (χ0) is 17.4. The molecule has 4 N–H and O–H groups in total. The van der Waals surface area contributed by atoms with Gasteiger partial charge < -0.3 is 16.0 Å². The lowest BCUT2D eigenvalue weighted by Gasteiger charge is -2.27. The Morgan fingerprint density at radius 1 is 1.20 bits per heavy atom. The number of aromatic amines is 1. The highest BCUT2D eigenvalue weighted by Gasteiger charge is 2.21. The standard InChI is InChI=1S/C17H18F2N6/c18-9-4-12-13(7-22-15(12)21-6-9)16-23-8-14(19)17(25-16)24-11-3-1-2-10(20)5-11/h4,6-8,10-11H,1-3,5,20H2,(H,21,22)(H,23,24,25)/t10-,11+/m1/s1. The number of halogens is 2. The van der Waals surface area contributed by atoms with Crippen LogP contribution in [-0.2, 0) is 0 Å². The third-order valence-electron chi connectivity index (χ3n) is 4.54. The quantitative estimate of drug-likeness (QED) is 0.679. The summed E-state index contributed by atoms with van der Waals surface area (Å²) in [6.45, 7) is 0. The first kappa shape index (κ1) is 15.9. The highest BCUT2D eigenvalue weighted by Crippen LogP contribution is 2.28. The largest absolute Gasteiger partial charge is 0.365 e. The summed E-state index contributed by atoms with van der Waals surface area (Å²) in [4.78, 5) is 15.3. The average Bonchev–Trinajstić information content (AvgIpc) is 3.00. The zero-order valence-electron chi connectivity index (χ0n) is 13.5. The van der Waals surface area contributed by atoms with Crippen molar-refractivity contribution in [2.24, 2.45) is 5.73 Å². The predicted octanol–water partition coefficient (Wildman–Crippen LogP) is 2.98. The third kappa shape index (κ3) is 3.17. The highest BCUT2D eigenvalue weighted by molar-refractivity contribution is 5.91. The molecule has 0 saturated heterocycles.